The number of hydrogen-bond donors (Lipinski definition) is 1. The molecule has 2 atom stereocenters. The normalized spacial score (nSPS) is 16.8. The summed E-state index contributed by atoms with van der Waals surface area (Å²) in [6, 6.07) is 29.0. The summed E-state index contributed by atoms with van der Waals surface area (Å²) in [5, 5.41) is 3.50. The first-order chi connectivity index (χ1) is 29.7. The number of para-hydroxylation sites is 2. The van der Waals surface area contributed by atoms with E-state index < -0.39 is 0 Å². The molecule has 61 heavy (non-hydrogen) atoms. The molecule has 4 aliphatic rings. The molecule has 13 nitrogen and oxygen atoms in total. The van der Waals surface area contributed by atoms with Gasteiger partial charge in [0.05, 0.1) is 55.9 Å². The van der Waals surface area contributed by atoms with Crippen molar-refractivity contribution in [3.05, 3.63) is 124 Å². The summed E-state index contributed by atoms with van der Waals surface area (Å²) in [5.41, 5.74) is 8.88. The highest BCUT2D eigenvalue weighted by molar-refractivity contribution is 6.15. The Morgan fingerprint density at radius 2 is 1.38 bits per heavy atom. The minimum absolute atomic E-state index is 0.00230. The summed E-state index contributed by atoms with van der Waals surface area (Å²) < 4.78 is 29.4. The van der Waals surface area contributed by atoms with E-state index in [1.165, 1.54) is 7.11 Å². The molecule has 0 spiro atoms. The molecule has 5 aromatic rings. The average molecular weight is 822 g/mol. The van der Waals surface area contributed by atoms with Crippen molar-refractivity contribution in [1.29, 1.82) is 0 Å². The van der Waals surface area contributed by atoms with Crippen LogP contribution >= 0.6 is 0 Å². The van der Waals surface area contributed by atoms with Gasteiger partial charge >= 0.3 is 5.97 Å². The minimum atomic E-state index is -0.258. The quantitative estimate of drug-likeness (QED) is 0.119. The molecule has 13 heteroatoms. The van der Waals surface area contributed by atoms with E-state index in [2.05, 4.69) is 16.3 Å². The second-order valence-corrected chi connectivity index (χ2v) is 15.7. The summed E-state index contributed by atoms with van der Waals surface area (Å²) in [4.78, 5) is 50.4. The number of methoxy groups -OCH3 is 3. The number of rotatable bonds is 13. The Hall–Kier alpha value is -7.02. The van der Waals surface area contributed by atoms with Crippen molar-refractivity contribution in [3.8, 4) is 23.0 Å². The lowest BCUT2D eigenvalue weighted by Gasteiger charge is -2.23. The van der Waals surface area contributed by atoms with Crippen molar-refractivity contribution in [2.24, 2.45) is 4.99 Å². The van der Waals surface area contributed by atoms with Crippen molar-refractivity contribution in [3.63, 3.8) is 0 Å². The Morgan fingerprint density at radius 1 is 0.754 bits per heavy atom. The fourth-order valence-corrected chi connectivity index (χ4v) is 8.74. The number of esters is 1. The Morgan fingerprint density at radius 3 is 2.07 bits per heavy atom. The number of anilines is 4. The fraction of sp³-hybridized carbons (Fsp3) is 0.292. The number of nitrogens with zero attached hydrogens (tertiary/aromatic N) is 4. The molecule has 4 heterocycles. The van der Waals surface area contributed by atoms with Gasteiger partial charge in [-0.25, -0.2) is 0 Å². The lowest BCUT2D eigenvalue weighted by atomic mass is 10.1. The monoisotopic (exact) mass is 821 g/mol. The van der Waals surface area contributed by atoms with E-state index in [1.807, 2.05) is 84.9 Å². The number of carbonyl (C=O) groups excluding carboxylic acids is 3. The van der Waals surface area contributed by atoms with Gasteiger partial charge in [0.25, 0.3) is 11.8 Å². The summed E-state index contributed by atoms with van der Waals surface area (Å²) in [6.45, 7) is 1.55. The largest absolute Gasteiger partial charge is 0.493 e. The van der Waals surface area contributed by atoms with Crippen LogP contribution in [-0.2, 0) is 35.6 Å². The van der Waals surface area contributed by atoms with Crippen molar-refractivity contribution in [2.45, 2.75) is 51.0 Å². The molecule has 0 fully saturated rings. The second-order valence-electron chi connectivity index (χ2n) is 15.7. The van der Waals surface area contributed by atoms with Gasteiger partial charge in [-0.2, -0.15) is 0 Å². The highest BCUT2D eigenvalue weighted by atomic mass is 16.5. The van der Waals surface area contributed by atoms with E-state index in [0.29, 0.717) is 77.9 Å². The van der Waals surface area contributed by atoms with Gasteiger partial charge in [0.2, 0.25) is 0 Å². The summed E-state index contributed by atoms with van der Waals surface area (Å²) >= 11 is 0. The van der Waals surface area contributed by atoms with E-state index in [1.54, 1.807) is 37.3 Å². The molecule has 9 rings (SSSR count). The van der Waals surface area contributed by atoms with Crippen LogP contribution in [0, 0.1) is 0 Å². The van der Waals surface area contributed by atoms with Crippen LogP contribution in [0.15, 0.2) is 96.0 Å². The Balaban J connectivity index is 0.968. The van der Waals surface area contributed by atoms with Gasteiger partial charge in [-0.3, -0.25) is 24.3 Å². The van der Waals surface area contributed by atoms with E-state index in [0.717, 1.165) is 45.7 Å². The summed E-state index contributed by atoms with van der Waals surface area (Å²) in [6.07, 6.45) is 4.22. The minimum Gasteiger partial charge on any atom is -0.493 e. The lowest BCUT2D eigenvalue weighted by Crippen LogP contribution is -2.39. The molecule has 0 aromatic heterocycles. The summed E-state index contributed by atoms with van der Waals surface area (Å²) in [7, 11) is 6.48. The van der Waals surface area contributed by atoms with Gasteiger partial charge in [0.1, 0.15) is 13.2 Å². The standard InChI is InChI=1S/C48H47N5O8/c1-51(15-9-14-46(54)59-4)33-17-29(27-60-44-23-38-36(21-42(44)57-2)47(55)52-34(25-49-38)19-31-10-5-7-12-40(31)52)16-30(18-33)28-61-45-24-39-37(22-43(45)58-3)48(56)53-35(26-50-39)20-32-11-6-8-13-41(32)53/h5-8,10-13,16-18,21-25,34-35,50H,9,14-15,19-20,26-28H2,1-4H3/t34-,35-/m0/s1. The predicted molar refractivity (Wildman–Crippen MR) is 234 cm³/mol. The summed E-state index contributed by atoms with van der Waals surface area (Å²) in [5.74, 6) is 1.33. The average Bonchev–Trinajstić information content (AvgIpc) is 3.78. The van der Waals surface area contributed by atoms with E-state index in [-0.39, 0.29) is 43.1 Å². The zero-order chi connectivity index (χ0) is 42.2. The number of carbonyl (C=O) groups is 3. The smallest absolute Gasteiger partial charge is 0.305 e. The number of ether oxygens (including phenoxy) is 5. The van der Waals surface area contributed by atoms with Gasteiger partial charge in [0.15, 0.2) is 23.0 Å². The highest BCUT2D eigenvalue weighted by Gasteiger charge is 2.38. The van der Waals surface area contributed by atoms with Crippen LogP contribution in [0.1, 0.15) is 55.8 Å². The first-order valence-corrected chi connectivity index (χ1v) is 20.4. The van der Waals surface area contributed by atoms with Crippen LogP contribution in [-0.4, -0.2) is 77.5 Å². The highest BCUT2D eigenvalue weighted by Crippen LogP contribution is 2.43. The van der Waals surface area contributed by atoms with Crippen molar-refractivity contribution < 1.29 is 38.1 Å². The fourth-order valence-electron chi connectivity index (χ4n) is 8.74. The first kappa shape index (κ1) is 39.4. The number of hydrogen-bond acceptors (Lipinski definition) is 11. The second kappa shape index (κ2) is 16.6. The van der Waals surface area contributed by atoms with Crippen LogP contribution in [0.4, 0.5) is 28.4 Å². The molecule has 1 N–H and O–H groups in total. The van der Waals surface area contributed by atoms with Gasteiger partial charge in [-0.1, -0.05) is 36.4 Å². The van der Waals surface area contributed by atoms with Crippen LogP contribution in [0.2, 0.25) is 0 Å². The molecule has 312 valence electrons. The number of nitrogens with one attached hydrogen (secondary N) is 1. The molecule has 0 bridgehead atoms. The van der Waals surface area contributed by atoms with Gasteiger partial charge in [-0.15, -0.1) is 0 Å². The van der Waals surface area contributed by atoms with Gasteiger partial charge < -0.3 is 38.8 Å². The first-order valence-electron chi connectivity index (χ1n) is 20.4. The lowest BCUT2D eigenvalue weighted by molar-refractivity contribution is -0.140. The molecule has 0 aliphatic carbocycles. The predicted octanol–water partition coefficient (Wildman–Crippen LogP) is 7.54. The number of benzene rings is 5. The SMILES string of the molecule is COC(=O)CCCN(C)c1cc(COc2cc3c(cc2OC)C(=O)N2c4ccccc4C[C@H]2C=N3)cc(COc2cc3c(cc2OC)C(=O)N2c4ccccc4C[C@H]2CN3)c1. The van der Waals surface area contributed by atoms with Crippen molar-refractivity contribution >= 4 is 52.4 Å². The van der Waals surface area contributed by atoms with Gasteiger partial charge in [0, 0.05) is 68.4 Å². The molecule has 0 unspecified atom stereocenters. The number of aliphatic imine (C=N–C) groups is 1. The Labute approximate surface area is 354 Å². The van der Waals surface area contributed by atoms with Gasteiger partial charge in [-0.05, 0) is 77.6 Å². The van der Waals surface area contributed by atoms with Crippen molar-refractivity contribution in [1.82, 2.24) is 0 Å². The molecule has 0 saturated heterocycles. The van der Waals surface area contributed by atoms with E-state index in [4.69, 9.17) is 28.7 Å². The molecule has 2 amide bonds. The van der Waals surface area contributed by atoms with Crippen LogP contribution in [0.25, 0.3) is 0 Å². The zero-order valence-corrected chi connectivity index (χ0v) is 34.6. The molecular weight excluding hydrogens is 775 g/mol. The van der Waals surface area contributed by atoms with Crippen LogP contribution in [0.3, 0.4) is 0 Å². The third-order valence-corrected chi connectivity index (χ3v) is 11.9. The van der Waals surface area contributed by atoms with Crippen LogP contribution < -0.4 is 39.0 Å². The Kier molecular flexibility index (Phi) is 10.7. The molecule has 0 saturated carbocycles. The molecule has 0 radical (unpaired) electrons. The van der Waals surface area contributed by atoms with E-state index >= 15 is 0 Å². The maximum atomic E-state index is 14.0. The third kappa shape index (κ3) is 7.56. The van der Waals surface area contributed by atoms with Crippen LogP contribution in [0.5, 0.6) is 23.0 Å². The molecule has 4 aliphatic heterocycles. The third-order valence-electron chi connectivity index (χ3n) is 11.9. The maximum absolute atomic E-state index is 14.0. The number of amides is 2. The number of fused-ring (bicyclic) bond motifs is 8. The topological polar surface area (TPSA) is 131 Å². The molecule has 5 aromatic carbocycles. The Bertz CT molecular complexity index is 2570. The van der Waals surface area contributed by atoms with Crippen molar-refractivity contribution in [2.75, 3.05) is 61.5 Å². The maximum Gasteiger partial charge on any atom is 0.305 e. The molecular formula is C48H47N5O8. The van der Waals surface area contributed by atoms with E-state index in [9.17, 15) is 14.4 Å². The zero-order valence-electron chi connectivity index (χ0n) is 34.6.